The lowest BCUT2D eigenvalue weighted by Gasteiger charge is -2.45. The van der Waals surface area contributed by atoms with Gasteiger partial charge >= 0.3 is 0 Å². The molecule has 0 radical (unpaired) electrons. The quantitative estimate of drug-likeness (QED) is 0.741. The number of halogens is 1. The Bertz CT molecular complexity index is 725. The third kappa shape index (κ3) is 5.83. The Kier molecular flexibility index (Phi) is 7.54. The summed E-state index contributed by atoms with van der Waals surface area (Å²) in [5.41, 5.74) is 6.13. The minimum Gasteiger partial charge on any atom is -0.493 e. The molecule has 1 amide bonds. The van der Waals surface area contributed by atoms with E-state index in [1.54, 1.807) is 12.1 Å². The summed E-state index contributed by atoms with van der Waals surface area (Å²) in [4.78, 5) is 12.6. The summed E-state index contributed by atoms with van der Waals surface area (Å²) in [7, 11) is -3.21. The van der Waals surface area contributed by atoms with Crippen molar-refractivity contribution < 1.29 is 17.9 Å². The van der Waals surface area contributed by atoms with Crippen LogP contribution in [-0.4, -0.2) is 39.3 Å². The minimum absolute atomic E-state index is 0. The van der Waals surface area contributed by atoms with Gasteiger partial charge in [-0.3, -0.25) is 4.79 Å². The Labute approximate surface area is 167 Å². The number of rotatable bonds is 6. The highest BCUT2D eigenvalue weighted by Crippen LogP contribution is 2.39. The molecule has 2 fully saturated rings. The standard InChI is InChI=1S/C19H28N2O4S.ClH/c1-26(23,24)17-7-5-16(6-8-17)25-10-9-18(22)21-19-13-3-2-4-14(19)12-15(20)11-13;/h5-8,13-15,19H,2-4,9-12,20H2,1H3,(H,21,22);1H. The zero-order valence-electron chi connectivity index (χ0n) is 15.6. The molecule has 6 nitrogen and oxygen atoms in total. The molecule has 152 valence electrons. The number of hydrogen-bond acceptors (Lipinski definition) is 5. The van der Waals surface area contributed by atoms with E-state index in [-0.39, 0.29) is 48.3 Å². The van der Waals surface area contributed by atoms with Gasteiger partial charge < -0.3 is 15.8 Å². The molecule has 3 N–H and O–H groups in total. The van der Waals surface area contributed by atoms with E-state index in [0.29, 0.717) is 17.6 Å². The zero-order valence-corrected chi connectivity index (χ0v) is 17.2. The number of nitrogens with one attached hydrogen (secondary N) is 1. The van der Waals surface area contributed by atoms with Crippen LogP contribution < -0.4 is 15.8 Å². The van der Waals surface area contributed by atoms with Gasteiger partial charge in [-0.15, -0.1) is 12.4 Å². The first-order valence-corrected chi connectivity index (χ1v) is 11.2. The molecule has 2 aliphatic rings. The molecule has 2 unspecified atom stereocenters. The summed E-state index contributed by atoms with van der Waals surface area (Å²) >= 11 is 0. The van der Waals surface area contributed by atoms with Gasteiger partial charge in [0, 0.05) is 18.3 Å². The molecule has 2 aliphatic carbocycles. The van der Waals surface area contributed by atoms with Gasteiger partial charge in [-0.05, 0) is 61.8 Å². The average molecular weight is 417 g/mol. The van der Waals surface area contributed by atoms with E-state index < -0.39 is 9.84 Å². The van der Waals surface area contributed by atoms with Crippen LogP contribution >= 0.6 is 12.4 Å². The molecule has 0 spiro atoms. The van der Waals surface area contributed by atoms with E-state index in [0.717, 1.165) is 25.7 Å². The number of benzene rings is 1. The van der Waals surface area contributed by atoms with Crippen molar-refractivity contribution in [2.75, 3.05) is 12.9 Å². The van der Waals surface area contributed by atoms with Crippen LogP contribution in [0.25, 0.3) is 0 Å². The monoisotopic (exact) mass is 416 g/mol. The van der Waals surface area contributed by atoms with Gasteiger partial charge in [0.25, 0.3) is 0 Å². The molecule has 8 heteroatoms. The highest BCUT2D eigenvalue weighted by atomic mass is 35.5. The predicted octanol–water partition coefficient (Wildman–Crippen LogP) is 2.30. The molecular formula is C19H29ClN2O4S. The average Bonchev–Trinajstić information content (AvgIpc) is 2.55. The fourth-order valence-electron chi connectivity index (χ4n) is 4.33. The lowest BCUT2D eigenvalue weighted by Crippen LogP contribution is -2.53. The summed E-state index contributed by atoms with van der Waals surface area (Å²) in [5.74, 6) is 1.58. The first-order chi connectivity index (χ1) is 12.3. The number of fused-ring (bicyclic) bond motifs is 2. The van der Waals surface area contributed by atoms with Crippen LogP contribution in [0.15, 0.2) is 29.2 Å². The molecule has 0 saturated heterocycles. The minimum atomic E-state index is -3.21. The Balaban J connectivity index is 0.00000261. The molecule has 0 aliphatic heterocycles. The molecular weight excluding hydrogens is 388 g/mol. The summed E-state index contributed by atoms with van der Waals surface area (Å²) in [6.07, 6.45) is 7.00. The van der Waals surface area contributed by atoms with E-state index in [1.165, 1.54) is 24.8 Å². The maximum atomic E-state index is 12.3. The van der Waals surface area contributed by atoms with Crippen molar-refractivity contribution >= 4 is 28.2 Å². The van der Waals surface area contributed by atoms with Crippen molar-refractivity contribution in [1.82, 2.24) is 5.32 Å². The van der Waals surface area contributed by atoms with Crippen LogP contribution in [0.3, 0.4) is 0 Å². The lowest BCUT2D eigenvalue weighted by atomic mass is 9.67. The number of carbonyl (C=O) groups is 1. The predicted molar refractivity (Wildman–Crippen MR) is 107 cm³/mol. The number of carbonyl (C=O) groups excluding carboxylic acids is 1. The van der Waals surface area contributed by atoms with Crippen molar-refractivity contribution in [3.63, 3.8) is 0 Å². The summed E-state index contributed by atoms with van der Waals surface area (Å²) in [6.45, 7) is 0.269. The maximum absolute atomic E-state index is 12.3. The van der Waals surface area contributed by atoms with Gasteiger partial charge in [-0.25, -0.2) is 8.42 Å². The van der Waals surface area contributed by atoms with Crippen molar-refractivity contribution in [2.45, 2.75) is 55.5 Å². The fourth-order valence-corrected chi connectivity index (χ4v) is 4.96. The van der Waals surface area contributed by atoms with Gasteiger partial charge in [-0.1, -0.05) is 6.42 Å². The molecule has 27 heavy (non-hydrogen) atoms. The second kappa shape index (κ2) is 9.26. The number of hydrogen-bond donors (Lipinski definition) is 2. The highest BCUT2D eigenvalue weighted by molar-refractivity contribution is 7.90. The van der Waals surface area contributed by atoms with Gasteiger partial charge in [-0.2, -0.15) is 0 Å². The van der Waals surface area contributed by atoms with Crippen molar-refractivity contribution in [3.05, 3.63) is 24.3 Å². The lowest BCUT2D eigenvalue weighted by molar-refractivity contribution is -0.123. The number of ether oxygens (including phenoxy) is 1. The first-order valence-electron chi connectivity index (χ1n) is 9.31. The molecule has 1 aromatic carbocycles. The Morgan fingerprint density at radius 3 is 2.33 bits per heavy atom. The molecule has 0 heterocycles. The third-order valence-corrected chi connectivity index (χ3v) is 6.68. The second-order valence-electron chi connectivity index (χ2n) is 7.62. The topological polar surface area (TPSA) is 98.5 Å². The zero-order chi connectivity index (χ0) is 18.7. The van der Waals surface area contributed by atoms with Crippen molar-refractivity contribution in [3.8, 4) is 5.75 Å². The molecule has 2 atom stereocenters. The van der Waals surface area contributed by atoms with Crippen LogP contribution in [0.4, 0.5) is 0 Å². The number of sulfone groups is 1. The first kappa shape index (κ1) is 22.0. The normalized spacial score (nSPS) is 27.3. The van der Waals surface area contributed by atoms with E-state index in [4.69, 9.17) is 10.5 Å². The summed E-state index contributed by atoms with van der Waals surface area (Å²) < 4.78 is 28.4. The maximum Gasteiger partial charge on any atom is 0.223 e. The Morgan fingerprint density at radius 2 is 1.78 bits per heavy atom. The van der Waals surface area contributed by atoms with Crippen molar-refractivity contribution in [2.24, 2.45) is 17.6 Å². The van der Waals surface area contributed by atoms with Crippen LogP contribution in [-0.2, 0) is 14.6 Å². The highest BCUT2D eigenvalue weighted by Gasteiger charge is 2.39. The Morgan fingerprint density at radius 1 is 1.19 bits per heavy atom. The van der Waals surface area contributed by atoms with Gasteiger partial charge in [0.15, 0.2) is 9.84 Å². The molecule has 2 bridgehead atoms. The van der Waals surface area contributed by atoms with Gasteiger partial charge in [0.1, 0.15) is 5.75 Å². The van der Waals surface area contributed by atoms with E-state index in [9.17, 15) is 13.2 Å². The SMILES string of the molecule is CS(=O)(=O)c1ccc(OCCC(=O)NC2C3CCCC2CC(N)C3)cc1.Cl. The summed E-state index contributed by atoms with van der Waals surface area (Å²) in [5, 5.41) is 3.20. The van der Waals surface area contributed by atoms with Crippen LogP contribution in [0.1, 0.15) is 38.5 Å². The third-order valence-electron chi connectivity index (χ3n) is 5.55. The number of amides is 1. The molecule has 3 rings (SSSR count). The summed E-state index contributed by atoms with van der Waals surface area (Å²) in [6, 6.07) is 6.78. The van der Waals surface area contributed by atoms with E-state index in [1.807, 2.05) is 0 Å². The smallest absolute Gasteiger partial charge is 0.223 e. The number of nitrogens with two attached hydrogens (primary N) is 1. The van der Waals surface area contributed by atoms with E-state index >= 15 is 0 Å². The van der Waals surface area contributed by atoms with Gasteiger partial charge in [0.05, 0.1) is 17.9 Å². The molecule has 0 aromatic heterocycles. The Hall–Kier alpha value is -1.31. The van der Waals surface area contributed by atoms with Crippen LogP contribution in [0.2, 0.25) is 0 Å². The molecule has 1 aromatic rings. The van der Waals surface area contributed by atoms with E-state index in [2.05, 4.69) is 5.32 Å². The van der Waals surface area contributed by atoms with Crippen LogP contribution in [0.5, 0.6) is 5.75 Å². The van der Waals surface area contributed by atoms with Gasteiger partial charge in [0.2, 0.25) is 5.91 Å². The molecule has 2 saturated carbocycles. The second-order valence-corrected chi connectivity index (χ2v) is 9.63. The van der Waals surface area contributed by atoms with Crippen LogP contribution in [0, 0.1) is 11.8 Å². The largest absolute Gasteiger partial charge is 0.493 e. The van der Waals surface area contributed by atoms with Crippen molar-refractivity contribution in [1.29, 1.82) is 0 Å². The fraction of sp³-hybridized carbons (Fsp3) is 0.632.